The Morgan fingerprint density at radius 1 is 1.26 bits per heavy atom. The Bertz CT molecular complexity index is 810. The molecule has 1 aromatic carbocycles. The summed E-state index contributed by atoms with van der Waals surface area (Å²) >= 11 is 1.62. The van der Waals surface area contributed by atoms with Gasteiger partial charge in [-0.05, 0) is 43.3 Å². The number of nitrogens with zero attached hydrogens (tertiary/aromatic N) is 1. The summed E-state index contributed by atoms with van der Waals surface area (Å²) in [5.41, 5.74) is 1.95. The van der Waals surface area contributed by atoms with Gasteiger partial charge in [-0.15, -0.1) is 11.3 Å². The zero-order chi connectivity index (χ0) is 19.1. The lowest BCUT2D eigenvalue weighted by Crippen LogP contribution is -2.33. The quantitative estimate of drug-likeness (QED) is 0.723. The van der Waals surface area contributed by atoms with Crippen LogP contribution in [0, 0.1) is 6.92 Å². The molecule has 0 atom stereocenters. The molecule has 5 nitrogen and oxygen atoms in total. The van der Waals surface area contributed by atoms with Crippen LogP contribution in [0.2, 0.25) is 0 Å². The lowest BCUT2D eigenvalue weighted by molar-refractivity contribution is -0.131. The van der Waals surface area contributed by atoms with Crippen LogP contribution < -0.4 is 10.6 Å². The molecule has 0 bridgehead atoms. The van der Waals surface area contributed by atoms with Crippen molar-refractivity contribution in [3.05, 3.63) is 75.8 Å². The van der Waals surface area contributed by atoms with Crippen LogP contribution in [0.1, 0.15) is 29.7 Å². The summed E-state index contributed by atoms with van der Waals surface area (Å²) in [7, 11) is 0. The van der Waals surface area contributed by atoms with E-state index < -0.39 is 0 Å². The van der Waals surface area contributed by atoms with E-state index in [2.05, 4.69) is 6.08 Å². The van der Waals surface area contributed by atoms with Crippen LogP contribution >= 0.6 is 11.3 Å². The number of carbonyl (C=O) groups is 1. The van der Waals surface area contributed by atoms with E-state index in [4.69, 9.17) is 15.5 Å². The Morgan fingerprint density at radius 2 is 2.07 bits per heavy atom. The number of hydrogen-bond acceptors (Lipinski definition) is 5. The molecule has 1 aromatic heterocycles. The van der Waals surface area contributed by atoms with E-state index in [1.54, 1.807) is 16.2 Å². The molecule has 0 saturated heterocycles. The topological polar surface area (TPSA) is 64.8 Å². The maximum Gasteiger partial charge on any atom is 0.265 e. The normalized spacial score (nSPS) is 14.0. The van der Waals surface area contributed by atoms with E-state index >= 15 is 0 Å². The number of amides is 1. The van der Waals surface area contributed by atoms with E-state index in [9.17, 15) is 4.79 Å². The maximum atomic E-state index is 13.0. The first-order valence-electron chi connectivity index (χ1n) is 8.95. The number of hydrogen-bond donors (Lipinski definition) is 1. The Morgan fingerprint density at radius 3 is 2.78 bits per heavy atom. The molecule has 6 heteroatoms. The average molecular weight is 385 g/mol. The first-order chi connectivity index (χ1) is 13.2. The minimum absolute atomic E-state index is 0.0293. The third-order valence-electron chi connectivity index (χ3n) is 4.33. The summed E-state index contributed by atoms with van der Waals surface area (Å²) in [5.74, 6) is 6.63. The van der Waals surface area contributed by atoms with Gasteiger partial charge >= 0.3 is 0 Å². The van der Waals surface area contributed by atoms with Crippen LogP contribution in [0.5, 0.6) is 5.75 Å². The van der Waals surface area contributed by atoms with Gasteiger partial charge in [0.1, 0.15) is 11.5 Å². The van der Waals surface area contributed by atoms with Gasteiger partial charge in [0.05, 0.1) is 6.54 Å². The second-order valence-corrected chi connectivity index (χ2v) is 7.44. The summed E-state index contributed by atoms with van der Waals surface area (Å²) in [4.78, 5) is 20.8. The van der Waals surface area contributed by atoms with Crippen molar-refractivity contribution in [3.63, 3.8) is 0 Å². The van der Waals surface area contributed by atoms with E-state index in [0.717, 1.165) is 35.4 Å². The third-order valence-corrected chi connectivity index (χ3v) is 5.19. The minimum Gasteiger partial charge on any atom is -0.484 e. The molecule has 0 saturated carbocycles. The van der Waals surface area contributed by atoms with Gasteiger partial charge in [-0.25, -0.2) is 0 Å². The molecule has 0 radical (unpaired) electrons. The molecule has 0 fully saturated rings. The Kier molecular flexibility index (Phi) is 6.68. The SMILES string of the molecule is Cc1ccc(OCC(=O)N(Cc2cccs2)C2=CCCCC(ON)=C2)cc1. The number of allylic oxidation sites excluding steroid dienone is 3. The predicted molar refractivity (Wildman–Crippen MR) is 107 cm³/mol. The number of aryl methyl sites for hydroxylation is 1. The van der Waals surface area contributed by atoms with Gasteiger partial charge in [0.15, 0.2) is 6.61 Å². The van der Waals surface area contributed by atoms with Crippen LogP contribution in [0.3, 0.4) is 0 Å². The Hall–Kier alpha value is -2.57. The largest absolute Gasteiger partial charge is 0.484 e. The van der Waals surface area contributed by atoms with Crippen LogP contribution in [0.4, 0.5) is 0 Å². The summed E-state index contributed by atoms with van der Waals surface area (Å²) in [6, 6.07) is 11.7. The van der Waals surface area contributed by atoms with Crippen molar-refractivity contribution in [2.45, 2.75) is 32.7 Å². The molecular formula is C21H24N2O3S. The number of benzene rings is 1. The van der Waals surface area contributed by atoms with Gasteiger partial charge in [-0.2, -0.15) is 5.90 Å². The van der Waals surface area contributed by atoms with Gasteiger partial charge in [0.25, 0.3) is 5.91 Å². The Labute approximate surface area is 163 Å². The van der Waals surface area contributed by atoms with Crippen molar-refractivity contribution in [2.75, 3.05) is 6.61 Å². The van der Waals surface area contributed by atoms with Crippen LogP contribution in [0.15, 0.2) is 65.4 Å². The molecule has 3 rings (SSSR count). The molecule has 2 aromatic rings. The van der Waals surface area contributed by atoms with Gasteiger partial charge in [0.2, 0.25) is 0 Å². The highest BCUT2D eigenvalue weighted by molar-refractivity contribution is 7.09. The second-order valence-electron chi connectivity index (χ2n) is 6.41. The Balaban J connectivity index is 1.77. The first-order valence-corrected chi connectivity index (χ1v) is 9.83. The molecule has 142 valence electrons. The fourth-order valence-corrected chi connectivity index (χ4v) is 3.54. The molecule has 0 aliphatic heterocycles. The lowest BCUT2D eigenvalue weighted by Gasteiger charge is -2.23. The maximum absolute atomic E-state index is 13.0. The number of ether oxygens (including phenoxy) is 1. The van der Waals surface area contributed by atoms with Crippen LogP contribution in [-0.4, -0.2) is 17.4 Å². The fraction of sp³-hybridized carbons (Fsp3) is 0.286. The van der Waals surface area contributed by atoms with Crippen LogP contribution in [0.25, 0.3) is 0 Å². The number of carbonyl (C=O) groups excluding carboxylic acids is 1. The summed E-state index contributed by atoms with van der Waals surface area (Å²) in [6.45, 7) is 2.48. The van der Waals surface area contributed by atoms with E-state index in [0.29, 0.717) is 18.1 Å². The molecule has 0 spiro atoms. The minimum atomic E-state index is -0.107. The molecule has 1 aliphatic carbocycles. The zero-order valence-corrected chi connectivity index (χ0v) is 16.2. The van der Waals surface area contributed by atoms with Gasteiger partial charge < -0.3 is 14.5 Å². The van der Waals surface area contributed by atoms with Crippen LogP contribution in [-0.2, 0) is 16.2 Å². The highest BCUT2D eigenvalue weighted by atomic mass is 32.1. The van der Waals surface area contributed by atoms with Crippen molar-refractivity contribution in [2.24, 2.45) is 5.90 Å². The van der Waals surface area contributed by atoms with Gasteiger partial charge in [0, 0.05) is 23.1 Å². The summed E-state index contributed by atoms with van der Waals surface area (Å²) in [6.07, 6.45) is 6.48. The molecule has 2 N–H and O–H groups in total. The van der Waals surface area contributed by atoms with E-state index in [1.807, 2.05) is 54.8 Å². The molecule has 1 heterocycles. The van der Waals surface area contributed by atoms with Crippen molar-refractivity contribution in [3.8, 4) is 5.75 Å². The predicted octanol–water partition coefficient (Wildman–Crippen LogP) is 4.31. The number of rotatable bonds is 7. The van der Waals surface area contributed by atoms with Gasteiger partial charge in [-0.1, -0.05) is 29.8 Å². The molecule has 0 unspecified atom stereocenters. The lowest BCUT2D eigenvalue weighted by atomic mass is 10.2. The highest BCUT2D eigenvalue weighted by Gasteiger charge is 2.20. The average Bonchev–Trinajstić information content (AvgIpc) is 3.08. The monoisotopic (exact) mass is 384 g/mol. The highest BCUT2D eigenvalue weighted by Crippen LogP contribution is 2.23. The molecule has 27 heavy (non-hydrogen) atoms. The number of thiophene rings is 1. The molecular weight excluding hydrogens is 360 g/mol. The third kappa shape index (κ3) is 5.45. The van der Waals surface area contributed by atoms with Crippen molar-refractivity contribution >= 4 is 17.2 Å². The second kappa shape index (κ2) is 9.39. The van der Waals surface area contributed by atoms with Crippen molar-refractivity contribution in [1.29, 1.82) is 0 Å². The first kappa shape index (κ1) is 19.2. The molecule has 1 aliphatic rings. The van der Waals surface area contributed by atoms with Gasteiger partial charge in [-0.3, -0.25) is 4.79 Å². The zero-order valence-electron chi connectivity index (χ0n) is 15.4. The van der Waals surface area contributed by atoms with E-state index in [1.165, 1.54) is 0 Å². The smallest absolute Gasteiger partial charge is 0.265 e. The summed E-state index contributed by atoms with van der Waals surface area (Å²) < 4.78 is 5.71. The number of nitrogens with two attached hydrogens (primary N) is 1. The standard InChI is InChI=1S/C21H24N2O3S/c1-16-8-10-18(11-9-16)25-15-21(24)23(14-20-7-4-12-27-20)17-5-2-3-6-19(13-17)26-22/h4-5,7-13H,2-3,6,14-15,22H2,1H3. The van der Waals surface area contributed by atoms with Crippen molar-refractivity contribution < 1.29 is 14.4 Å². The van der Waals surface area contributed by atoms with E-state index in [-0.39, 0.29) is 12.5 Å². The van der Waals surface area contributed by atoms with Crippen molar-refractivity contribution in [1.82, 2.24) is 4.90 Å². The summed E-state index contributed by atoms with van der Waals surface area (Å²) in [5, 5.41) is 2.01. The molecule has 1 amide bonds. The fourth-order valence-electron chi connectivity index (χ4n) is 2.84.